The molecule has 2 aromatic rings. The highest BCUT2D eigenvalue weighted by Gasteiger charge is 2.06. The maximum absolute atomic E-state index is 5.91. The zero-order chi connectivity index (χ0) is 14.9. The predicted molar refractivity (Wildman–Crippen MR) is 83.6 cm³/mol. The van der Waals surface area contributed by atoms with E-state index in [1.165, 1.54) is 0 Å². The summed E-state index contributed by atoms with van der Waals surface area (Å²) in [6.45, 7) is 4.01. The summed E-state index contributed by atoms with van der Waals surface area (Å²) in [5.74, 6) is 1.68. The molecular weight excluding hydrogens is 264 g/mol. The van der Waals surface area contributed by atoms with E-state index in [9.17, 15) is 0 Å². The smallest absolute Gasteiger partial charge is 0.130 e. The van der Waals surface area contributed by atoms with Gasteiger partial charge in [-0.3, -0.25) is 4.98 Å². The third-order valence-corrected chi connectivity index (χ3v) is 2.98. The van der Waals surface area contributed by atoms with E-state index >= 15 is 0 Å². The number of hydrogen-bond donors (Lipinski definition) is 1. The number of pyridine rings is 1. The van der Waals surface area contributed by atoms with Crippen molar-refractivity contribution < 1.29 is 9.47 Å². The van der Waals surface area contributed by atoms with Crippen LogP contribution in [-0.2, 0) is 13.2 Å². The molecular formula is C17H22N2O2. The van der Waals surface area contributed by atoms with Crippen LogP contribution in [0.2, 0.25) is 0 Å². The highest BCUT2D eigenvalue weighted by atomic mass is 16.5. The number of aromatic nitrogens is 1. The van der Waals surface area contributed by atoms with E-state index in [-0.39, 0.29) is 0 Å². The molecule has 1 N–H and O–H groups in total. The fourth-order valence-electron chi connectivity index (χ4n) is 1.95. The van der Waals surface area contributed by atoms with E-state index in [1.807, 2.05) is 43.4 Å². The first kappa shape index (κ1) is 15.3. The highest BCUT2D eigenvalue weighted by molar-refractivity contribution is 5.40. The third kappa shape index (κ3) is 4.76. The number of rotatable bonds is 8. The summed E-state index contributed by atoms with van der Waals surface area (Å²) in [7, 11) is 1.92. The van der Waals surface area contributed by atoms with Crippen LogP contribution in [-0.4, -0.2) is 18.6 Å². The van der Waals surface area contributed by atoms with Gasteiger partial charge < -0.3 is 14.8 Å². The van der Waals surface area contributed by atoms with E-state index in [2.05, 4.69) is 17.2 Å². The predicted octanol–water partition coefficient (Wildman–Crippen LogP) is 3.17. The molecule has 2 rings (SSSR count). The molecule has 0 spiro atoms. The quantitative estimate of drug-likeness (QED) is 0.809. The van der Waals surface area contributed by atoms with Crippen molar-refractivity contribution in [1.82, 2.24) is 10.3 Å². The molecule has 0 aliphatic carbocycles. The van der Waals surface area contributed by atoms with Gasteiger partial charge >= 0.3 is 0 Å². The monoisotopic (exact) mass is 286 g/mol. The maximum Gasteiger partial charge on any atom is 0.130 e. The first-order chi connectivity index (χ1) is 10.3. The fourth-order valence-corrected chi connectivity index (χ4v) is 1.95. The minimum absolute atomic E-state index is 0.453. The largest absolute Gasteiger partial charge is 0.493 e. The molecule has 0 unspecified atom stereocenters. The molecule has 1 aromatic heterocycles. The topological polar surface area (TPSA) is 43.4 Å². The van der Waals surface area contributed by atoms with Gasteiger partial charge in [0.05, 0.1) is 12.3 Å². The second-order valence-electron chi connectivity index (χ2n) is 4.76. The maximum atomic E-state index is 5.91. The lowest BCUT2D eigenvalue weighted by molar-refractivity contribution is 0.288. The van der Waals surface area contributed by atoms with Crippen molar-refractivity contribution in [1.29, 1.82) is 0 Å². The van der Waals surface area contributed by atoms with E-state index < -0.39 is 0 Å². The zero-order valence-corrected chi connectivity index (χ0v) is 12.6. The van der Waals surface area contributed by atoms with Crippen molar-refractivity contribution in [3.8, 4) is 11.5 Å². The Bertz CT molecular complexity index is 544. The van der Waals surface area contributed by atoms with Crippen LogP contribution in [0.25, 0.3) is 0 Å². The van der Waals surface area contributed by atoms with E-state index in [0.29, 0.717) is 13.2 Å². The lowest BCUT2D eigenvalue weighted by Crippen LogP contribution is -2.08. The molecule has 0 aliphatic rings. The Morgan fingerprint density at radius 1 is 1.14 bits per heavy atom. The Morgan fingerprint density at radius 2 is 2.05 bits per heavy atom. The highest BCUT2D eigenvalue weighted by Crippen LogP contribution is 2.26. The standard InChI is InChI=1S/C17H22N2O2/c1-3-10-20-16-8-7-14(12-18-2)17(11-16)21-13-15-6-4-5-9-19-15/h4-9,11,18H,3,10,12-13H2,1-2H3. The Morgan fingerprint density at radius 3 is 2.76 bits per heavy atom. The van der Waals surface area contributed by atoms with Gasteiger partial charge in [0.25, 0.3) is 0 Å². The van der Waals surface area contributed by atoms with Crippen LogP contribution >= 0.6 is 0 Å². The second-order valence-corrected chi connectivity index (χ2v) is 4.76. The van der Waals surface area contributed by atoms with Crippen LogP contribution in [0.5, 0.6) is 11.5 Å². The average Bonchev–Trinajstić information content (AvgIpc) is 2.53. The van der Waals surface area contributed by atoms with Gasteiger partial charge in [0.15, 0.2) is 0 Å². The van der Waals surface area contributed by atoms with Crippen LogP contribution in [0.3, 0.4) is 0 Å². The summed E-state index contributed by atoms with van der Waals surface area (Å²) in [6.07, 6.45) is 2.76. The average molecular weight is 286 g/mol. The number of nitrogens with zero attached hydrogens (tertiary/aromatic N) is 1. The van der Waals surface area contributed by atoms with Crippen molar-refractivity contribution in [2.75, 3.05) is 13.7 Å². The normalized spacial score (nSPS) is 10.4. The number of nitrogens with one attached hydrogen (secondary N) is 1. The number of hydrogen-bond acceptors (Lipinski definition) is 4. The summed E-state index contributed by atoms with van der Waals surface area (Å²) in [6, 6.07) is 11.8. The van der Waals surface area contributed by atoms with Crippen molar-refractivity contribution >= 4 is 0 Å². The Kier molecular flexibility index (Phi) is 6.03. The van der Waals surface area contributed by atoms with Crippen molar-refractivity contribution in [2.24, 2.45) is 0 Å². The van der Waals surface area contributed by atoms with Gasteiger partial charge in [0.1, 0.15) is 18.1 Å². The first-order valence-electron chi connectivity index (χ1n) is 7.26. The lowest BCUT2D eigenvalue weighted by atomic mass is 10.2. The van der Waals surface area contributed by atoms with Crippen LogP contribution in [0.1, 0.15) is 24.6 Å². The minimum atomic E-state index is 0.453. The molecule has 0 saturated heterocycles. The molecule has 0 bridgehead atoms. The Hall–Kier alpha value is -2.07. The number of benzene rings is 1. The molecule has 0 atom stereocenters. The molecule has 0 amide bonds. The fraction of sp³-hybridized carbons (Fsp3) is 0.353. The Balaban J connectivity index is 2.09. The van der Waals surface area contributed by atoms with Crippen LogP contribution in [0.15, 0.2) is 42.6 Å². The molecule has 4 heteroatoms. The molecule has 0 saturated carbocycles. The van der Waals surface area contributed by atoms with Crippen LogP contribution < -0.4 is 14.8 Å². The minimum Gasteiger partial charge on any atom is -0.493 e. The van der Waals surface area contributed by atoms with E-state index in [1.54, 1.807) is 6.20 Å². The number of ether oxygens (including phenoxy) is 2. The van der Waals surface area contributed by atoms with Gasteiger partial charge in [0, 0.05) is 24.4 Å². The van der Waals surface area contributed by atoms with E-state index in [4.69, 9.17) is 9.47 Å². The lowest BCUT2D eigenvalue weighted by Gasteiger charge is -2.13. The molecule has 1 heterocycles. The molecule has 112 valence electrons. The summed E-state index contributed by atoms with van der Waals surface area (Å²) in [5, 5.41) is 3.15. The van der Waals surface area contributed by atoms with Crippen LogP contribution in [0, 0.1) is 0 Å². The SMILES string of the molecule is CCCOc1ccc(CNC)c(OCc2ccccn2)c1. The van der Waals surface area contributed by atoms with Gasteiger partial charge in [0.2, 0.25) is 0 Å². The Labute approximate surface area is 126 Å². The van der Waals surface area contributed by atoms with Crippen molar-refractivity contribution in [3.63, 3.8) is 0 Å². The summed E-state index contributed by atoms with van der Waals surface area (Å²) >= 11 is 0. The molecule has 1 aromatic carbocycles. The van der Waals surface area contributed by atoms with Gasteiger partial charge in [-0.15, -0.1) is 0 Å². The van der Waals surface area contributed by atoms with E-state index in [0.717, 1.165) is 35.7 Å². The first-order valence-corrected chi connectivity index (χ1v) is 7.26. The molecule has 0 fully saturated rings. The van der Waals surface area contributed by atoms with Crippen molar-refractivity contribution in [2.45, 2.75) is 26.5 Å². The summed E-state index contributed by atoms with van der Waals surface area (Å²) in [5.41, 5.74) is 2.02. The van der Waals surface area contributed by atoms with Crippen LogP contribution in [0.4, 0.5) is 0 Å². The molecule has 0 aliphatic heterocycles. The van der Waals surface area contributed by atoms with Gasteiger partial charge in [-0.2, -0.15) is 0 Å². The second kappa shape index (κ2) is 8.27. The van der Waals surface area contributed by atoms with Crippen molar-refractivity contribution in [3.05, 3.63) is 53.9 Å². The molecule has 0 radical (unpaired) electrons. The third-order valence-electron chi connectivity index (χ3n) is 2.98. The zero-order valence-electron chi connectivity index (χ0n) is 12.6. The summed E-state index contributed by atoms with van der Waals surface area (Å²) in [4.78, 5) is 4.27. The summed E-state index contributed by atoms with van der Waals surface area (Å²) < 4.78 is 11.6. The molecule has 21 heavy (non-hydrogen) atoms. The van der Waals surface area contributed by atoms with Gasteiger partial charge in [-0.05, 0) is 31.7 Å². The van der Waals surface area contributed by atoms with Gasteiger partial charge in [-0.25, -0.2) is 0 Å². The van der Waals surface area contributed by atoms with Gasteiger partial charge in [-0.1, -0.05) is 19.1 Å². The molecule has 4 nitrogen and oxygen atoms in total.